The van der Waals surface area contributed by atoms with E-state index in [4.69, 9.17) is 5.26 Å². The Hall–Kier alpha value is -2.35. The van der Waals surface area contributed by atoms with Crippen LogP contribution in [-0.2, 0) is 11.3 Å². The maximum Gasteiger partial charge on any atom is 0.325 e. The molecule has 92 valence electrons. The second-order valence-electron chi connectivity index (χ2n) is 4.67. The first-order chi connectivity index (χ1) is 8.46. The average molecular weight is 243 g/mol. The Morgan fingerprint density at radius 3 is 2.56 bits per heavy atom. The summed E-state index contributed by atoms with van der Waals surface area (Å²) in [5.74, 6) is -0.318. The molecular formula is C13H13N3O2. The molecule has 1 heterocycles. The van der Waals surface area contributed by atoms with Gasteiger partial charge in [-0.05, 0) is 25.5 Å². The van der Waals surface area contributed by atoms with Crippen LogP contribution in [0.2, 0.25) is 0 Å². The van der Waals surface area contributed by atoms with Gasteiger partial charge in [0.1, 0.15) is 5.54 Å². The molecule has 3 amide bonds. The Labute approximate surface area is 105 Å². The molecule has 1 aliphatic rings. The van der Waals surface area contributed by atoms with Crippen molar-refractivity contribution in [1.29, 1.82) is 5.26 Å². The number of nitriles is 1. The van der Waals surface area contributed by atoms with Gasteiger partial charge in [0.15, 0.2) is 0 Å². The summed E-state index contributed by atoms with van der Waals surface area (Å²) in [6.45, 7) is 3.61. The molecule has 2 rings (SSSR count). The summed E-state index contributed by atoms with van der Waals surface area (Å²) in [7, 11) is 0. The molecule has 5 nitrogen and oxygen atoms in total. The topological polar surface area (TPSA) is 73.2 Å². The zero-order chi connectivity index (χ0) is 13.3. The zero-order valence-corrected chi connectivity index (χ0v) is 10.2. The largest absolute Gasteiger partial charge is 0.325 e. The number of carbonyl (C=O) groups is 2. The molecule has 0 atom stereocenters. The summed E-state index contributed by atoms with van der Waals surface area (Å²) in [6.07, 6.45) is 0. The Morgan fingerprint density at radius 2 is 2.00 bits per heavy atom. The van der Waals surface area contributed by atoms with Crippen molar-refractivity contribution >= 4 is 11.9 Å². The smallest absolute Gasteiger partial charge is 0.306 e. The van der Waals surface area contributed by atoms with Crippen molar-refractivity contribution in [1.82, 2.24) is 10.2 Å². The van der Waals surface area contributed by atoms with Crippen LogP contribution in [0.25, 0.3) is 0 Å². The van der Waals surface area contributed by atoms with Crippen molar-refractivity contribution in [2.24, 2.45) is 0 Å². The van der Waals surface area contributed by atoms with E-state index in [2.05, 4.69) is 11.4 Å². The van der Waals surface area contributed by atoms with Gasteiger partial charge in [0, 0.05) is 6.54 Å². The lowest BCUT2D eigenvalue weighted by Crippen LogP contribution is -2.43. The lowest BCUT2D eigenvalue weighted by molar-refractivity contribution is -0.125. The van der Waals surface area contributed by atoms with Crippen LogP contribution in [0.4, 0.5) is 4.79 Å². The van der Waals surface area contributed by atoms with Gasteiger partial charge < -0.3 is 4.90 Å². The van der Waals surface area contributed by atoms with E-state index in [0.29, 0.717) is 5.56 Å². The van der Waals surface area contributed by atoms with E-state index in [1.165, 1.54) is 4.90 Å². The molecule has 1 fully saturated rings. The van der Waals surface area contributed by atoms with Crippen molar-refractivity contribution in [3.05, 3.63) is 35.4 Å². The van der Waals surface area contributed by atoms with Crippen molar-refractivity contribution in [3.63, 3.8) is 0 Å². The van der Waals surface area contributed by atoms with Crippen LogP contribution in [0, 0.1) is 11.3 Å². The van der Waals surface area contributed by atoms with Crippen molar-refractivity contribution in [3.8, 4) is 6.07 Å². The van der Waals surface area contributed by atoms with Gasteiger partial charge in [0.2, 0.25) is 0 Å². The molecule has 0 saturated carbocycles. The van der Waals surface area contributed by atoms with E-state index in [0.717, 1.165) is 5.56 Å². The second kappa shape index (κ2) is 4.15. The predicted octanol–water partition coefficient (Wildman–Crippen LogP) is 1.39. The molecule has 0 aromatic heterocycles. The molecule has 1 N–H and O–H groups in total. The normalized spacial score (nSPS) is 17.5. The monoisotopic (exact) mass is 243 g/mol. The van der Waals surface area contributed by atoms with Gasteiger partial charge in [-0.25, -0.2) is 4.79 Å². The van der Waals surface area contributed by atoms with Gasteiger partial charge in [0.05, 0.1) is 11.6 Å². The summed E-state index contributed by atoms with van der Waals surface area (Å²) >= 11 is 0. The van der Waals surface area contributed by atoms with Crippen molar-refractivity contribution in [2.75, 3.05) is 0 Å². The van der Waals surface area contributed by atoms with Crippen LogP contribution in [0.1, 0.15) is 25.0 Å². The van der Waals surface area contributed by atoms with Crippen LogP contribution < -0.4 is 5.32 Å². The van der Waals surface area contributed by atoms with Gasteiger partial charge in [-0.2, -0.15) is 5.26 Å². The highest BCUT2D eigenvalue weighted by molar-refractivity contribution is 6.06. The molecule has 5 heteroatoms. The molecule has 1 aliphatic heterocycles. The number of benzene rings is 1. The molecule has 1 aromatic carbocycles. The number of amides is 3. The first-order valence-electron chi connectivity index (χ1n) is 5.58. The van der Waals surface area contributed by atoms with Crippen molar-refractivity contribution in [2.45, 2.75) is 25.9 Å². The lowest BCUT2D eigenvalue weighted by atomic mass is 10.0. The number of imide groups is 1. The van der Waals surface area contributed by atoms with Crippen LogP contribution in [-0.4, -0.2) is 22.4 Å². The minimum absolute atomic E-state index is 0.244. The van der Waals surface area contributed by atoms with E-state index in [-0.39, 0.29) is 12.5 Å². The van der Waals surface area contributed by atoms with Gasteiger partial charge in [0.25, 0.3) is 5.91 Å². The number of urea groups is 1. The van der Waals surface area contributed by atoms with Crippen LogP contribution in [0.15, 0.2) is 24.3 Å². The standard InChI is InChI=1S/C13H13N3O2/c1-13(2)11(17)15-12(18)16(13)8-10-6-4-3-5-9(10)7-14/h3-6H,8H2,1-2H3,(H,15,17,18). The summed E-state index contributed by atoms with van der Waals surface area (Å²) in [6, 6.07) is 8.71. The summed E-state index contributed by atoms with van der Waals surface area (Å²) in [5, 5.41) is 11.3. The maximum absolute atomic E-state index is 11.7. The van der Waals surface area contributed by atoms with E-state index in [1.807, 2.05) is 0 Å². The average Bonchev–Trinajstić information content (AvgIpc) is 2.53. The van der Waals surface area contributed by atoms with E-state index in [1.54, 1.807) is 38.1 Å². The highest BCUT2D eigenvalue weighted by atomic mass is 16.2. The minimum atomic E-state index is -0.889. The minimum Gasteiger partial charge on any atom is -0.306 e. The van der Waals surface area contributed by atoms with Gasteiger partial charge in [-0.15, -0.1) is 0 Å². The van der Waals surface area contributed by atoms with Crippen LogP contribution >= 0.6 is 0 Å². The molecule has 0 bridgehead atoms. The van der Waals surface area contributed by atoms with Crippen molar-refractivity contribution < 1.29 is 9.59 Å². The van der Waals surface area contributed by atoms with E-state index in [9.17, 15) is 9.59 Å². The van der Waals surface area contributed by atoms with Crippen LogP contribution in [0.5, 0.6) is 0 Å². The van der Waals surface area contributed by atoms with Gasteiger partial charge >= 0.3 is 6.03 Å². The highest BCUT2D eigenvalue weighted by Crippen LogP contribution is 2.24. The van der Waals surface area contributed by atoms with Crippen LogP contribution in [0.3, 0.4) is 0 Å². The molecule has 0 aliphatic carbocycles. The highest BCUT2D eigenvalue weighted by Gasteiger charge is 2.45. The lowest BCUT2D eigenvalue weighted by Gasteiger charge is -2.28. The number of rotatable bonds is 2. The van der Waals surface area contributed by atoms with Gasteiger partial charge in [-0.1, -0.05) is 18.2 Å². The Bertz CT molecular complexity index is 558. The zero-order valence-electron chi connectivity index (χ0n) is 10.2. The third-order valence-corrected chi connectivity index (χ3v) is 3.16. The second-order valence-corrected chi connectivity index (χ2v) is 4.67. The fraction of sp³-hybridized carbons (Fsp3) is 0.308. The fourth-order valence-electron chi connectivity index (χ4n) is 1.90. The molecule has 1 saturated heterocycles. The molecule has 0 radical (unpaired) electrons. The first kappa shape index (κ1) is 12.1. The molecule has 18 heavy (non-hydrogen) atoms. The summed E-state index contributed by atoms with van der Waals surface area (Å²) < 4.78 is 0. The number of hydrogen-bond acceptors (Lipinski definition) is 3. The summed E-state index contributed by atoms with van der Waals surface area (Å²) in [5.41, 5.74) is 0.359. The number of nitrogens with zero attached hydrogens (tertiary/aromatic N) is 2. The predicted molar refractivity (Wildman–Crippen MR) is 64.3 cm³/mol. The molecule has 1 aromatic rings. The molecule has 0 spiro atoms. The van der Waals surface area contributed by atoms with E-state index >= 15 is 0 Å². The maximum atomic E-state index is 11.7. The third kappa shape index (κ3) is 1.82. The Morgan fingerprint density at radius 1 is 1.33 bits per heavy atom. The first-order valence-corrected chi connectivity index (χ1v) is 5.58. The molecular weight excluding hydrogens is 230 g/mol. The number of carbonyl (C=O) groups excluding carboxylic acids is 2. The quantitative estimate of drug-likeness (QED) is 0.798. The SMILES string of the molecule is CC1(C)C(=O)NC(=O)N1Cc1ccccc1C#N. The number of hydrogen-bond donors (Lipinski definition) is 1. The number of nitrogens with one attached hydrogen (secondary N) is 1. The van der Waals surface area contributed by atoms with Gasteiger partial charge in [-0.3, -0.25) is 10.1 Å². The Kier molecular flexibility index (Phi) is 2.79. The van der Waals surface area contributed by atoms with E-state index < -0.39 is 11.6 Å². The summed E-state index contributed by atoms with van der Waals surface area (Å²) in [4.78, 5) is 24.8. The Balaban J connectivity index is 2.32. The third-order valence-electron chi connectivity index (χ3n) is 3.16. The molecule has 0 unspecified atom stereocenters. The fourth-order valence-corrected chi connectivity index (χ4v) is 1.90.